The molecule has 1 heterocycles. The van der Waals surface area contributed by atoms with E-state index in [2.05, 4.69) is 25.1 Å². The second kappa shape index (κ2) is 4.64. The summed E-state index contributed by atoms with van der Waals surface area (Å²) in [5, 5.41) is 0. The molecule has 0 radical (unpaired) electrons. The Kier molecular flexibility index (Phi) is 3.09. The topological polar surface area (TPSA) is 46.3 Å². The number of amides is 1. The van der Waals surface area contributed by atoms with Crippen molar-refractivity contribution in [3.63, 3.8) is 0 Å². The number of carbonyl (C=O) groups excluding carboxylic acids is 1. The lowest BCUT2D eigenvalue weighted by Crippen LogP contribution is -2.54. The summed E-state index contributed by atoms with van der Waals surface area (Å²) in [7, 11) is 0. The minimum atomic E-state index is -0.612. The Morgan fingerprint density at radius 1 is 1.26 bits per heavy atom. The number of nitrogens with two attached hydrogens (primary N) is 1. The number of hydrogen-bond acceptors (Lipinski definition) is 2. The van der Waals surface area contributed by atoms with Crippen LogP contribution in [0.2, 0.25) is 0 Å². The van der Waals surface area contributed by atoms with Crippen molar-refractivity contribution in [1.82, 2.24) is 0 Å². The molecule has 0 atom stereocenters. The molecule has 0 aromatic heterocycles. The van der Waals surface area contributed by atoms with Crippen LogP contribution in [-0.2, 0) is 11.2 Å². The Bertz CT molecular complexity index is 503. The maximum atomic E-state index is 12.8. The summed E-state index contributed by atoms with van der Waals surface area (Å²) in [6, 6.07) is 6.37. The van der Waals surface area contributed by atoms with Gasteiger partial charge in [-0.05, 0) is 44.2 Å². The van der Waals surface area contributed by atoms with Crippen LogP contribution in [0.1, 0.15) is 43.2 Å². The molecule has 0 saturated heterocycles. The van der Waals surface area contributed by atoms with Gasteiger partial charge in [0, 0.05) is 12.2 Å². The molecule has 0 unspecified atom stereocenters. The molecule has 2 aliphatic rings. The molecule has 1 aliphatic heterocycles. The van der Waals surface area contributed by atoms with E-state index in [1.165, 1.54) is 11.1 Å². The number of benzene rings is 1. The molecule has 1 aliphatic carbocycles. The van der Waals surface area contributed by atoms with Crippen LogP contribution in [0.25, 0.3) is 0 Å². The second-order valence-electron chi connectivity index (χ2n) is 6.06. The maximum Gasteiger partial charge on any atom is 0.247 e. The third-order valence-corrected chi connectivity index (χ3v) is 4.52. The summed E-state index contributed by atoms with van der Waals surface area (Å²) in [6.07, 6.45) is 5.94. The molecular weight excluding hydrogens is 236 g/mol. The van der Waals surface area contributed by atoms with Gasteiger partial charge in [-0.15, -0.1) is 0 Å². The van der Waals surface area contributed by atoms with Crippen LogP contribution in [0.4, 0.5) is 5.69 Å². The van der Waals surface area contributed by atoms with E-state index < -0.39 is 5.54 Å². The molecule has 19 heavy (non-hydrogen) atoms. The number of hydrogen-bond donors (Lipinski definition) is 1. The van der Waals surface area contributed by atoms with Crippen LogP contribution in [0.3, 0.4) is 0 Å². The van der Waals surface area contributed by atoms with Gasteiger partial charge in [-0.3, -0.25) is 4.79 Å². The molecular formula is C16H22N2O. The Labute approximate surface area is 114 Å². The van der Waals surface area contributed by atoms with Crippen molar-refractivity contribution in [3.05, 3.63) is 29.3 Å². The second-order valence-corrected chi connectivity index (χ2v) is 6.06. The molecule has 1 amide bonds. The Hall–Kier alpha value is -1.35. The average molecular weight is 258 g/mol. The lowest BCUT2D eigenvalue weighted by Gasteiger charge is -2.35. The predicted molar refractivity (Wildman–Crippen MR) is 77.2 cm³/mol. The summed E-state index contributed by atoms with van der Waals surface area (Å²) in [6.45, 7) is 2.91. The molecule has 0 spiro atoms. The molecule has 3 nitrogen and oxygen atoms in total. The highest BCUT2D eigenvalue weighted by molar-refractivity contribution is 6.01. The fourth-order valence-corrected chi connectivity index (χ4v) is 3.43. The highest BCUT2D eigenvalue weighted by atomic mass is 16.2. The van der Waals surface area contributed by atoms with Gasteiger partial charge < -0.3 is 10.6 Å². The van der Waals surface area contributed by atoms with E-state index in [9.17, 15) is 4.79 Å². The number of nitrogens with zero attached hydrogens (tertiary/aromatic N) is 1. The molecule has 3 rings (SSSR count). The van der Waals surface area contributed by atoms with E-state index in [0.717, 1.165) is 50.8 Å². The fourth-order valence-electron chi connectivity index (χ4n) is 3.43. The molecule has 1 saturated carbocycles. The smallest absolute Gasteiger partial charge is 0.247 e. The number of fused-ring (bicyclic) bond motifs is 1. The molecule has 1 fully saturated rings. The zero-order valence-electron chi connectivity index (χ0n) is 11.6. The number of carbonyl (C=O) groups is 1. The Morgan fingerprint density at radius 2 is 2.00 bits per heavy atom. The zero-order valence-corrected chi connectivity index (χ0v) is 11.6. The van der Waals surface area contributed by atoms with Crippen molar-refractivity contribution in [1.29, 1.82) is 0 Å². The summed E-state index contributed by atoms with van der Waals surface area (Å²) in [5.41, 5.74) is 9.35. The summed E-state index contributed by atoms with van der Waals surface area (Å²) < 4.78 is 0. The molecule has 0 bridgehead atoms. The van der Waals surface area contributed by atoms with Crippen LogP contribution in [0.15, 0.2) is 18.2 Å². The van der Waals surface area contributed by atoms with E-state index in [4.69, 9.17) is 5.73 Å². The van der Waals surface area contributed by atoms with Crippen molar-refractivity contribution >= 4 is 11.6 Å². The monoisotopic (exact) mass is 258 g/mol. The molecule has 102 valence electrons. The fraction of sp³-hybridized carbons (Fsp3) is 0.562. The van der Waals surface area contributed by atoms with E-state index >= 15 is 0 Å². The first-order valence-corrected chi connectivity index (χ1v) is 7.30. The van der Waals surface area contributed by atoms with Gasteiger partial charge in [0.1, 0.15) is 0 Å². The minimum absolute atomic E-state index is 0.134. The van der Waals surface area contributed by atoms with Gasteiger partial charge in [-0.25, -0.2) is 0 Å². The first kappa shape index (κ1) is 12.7. The minimum Gasteiger partial charge on any atom is -0.317 e. The van der Waals surface area contributed by atoms with Crippen LogP contribution < -0.4 is 10.6 Å². The standard InChI is InChI=1S/C16H22N2O/c1-12-6-7-14-13(11-12)5-4-10-18(14)15(19)16(17)8-2-3-9-16/h6-7,11H,2-5,8-10,17H2,1H3. The number of aryl methyl sites for hydroxylation is 2. The first-order valence-electron chi connectivity index (χ1n) is 7.30. The highest BCUT2D eigenvalue weighted by Gasteiger charge is 2.41. The van der Waals surface area contributed by atoms with Crippen molar-refractivity contribution < 1.29 is 4.79 Å². The third-order valence-electron chi connectivity index (χ3n) is 4.52. The van der Waals surface area contributed by atoms with Crippen LogP contribution in [0, 0.1) is 6.92 Å². The zero-order chi connectivity index (χ0) is 13.5. The van der Waals surface area contributed by atoms with E-state index in [1.54, 1.807) is 0 Å². The lowest BCUT2D eigenvalue weighted by molar-refractivity contribution is -0.123. The summed E-state index contributed by atoms with van der Waals surface area (Å²) in [4.78, 5) is 14.7. The van der Waals surface area contributed by atoms with Crippen molar-refractivity contribution in [3.8, 4) is 0 Å². The number of anilines is 1. The molecule has 1 aromatic carbocycles. The van der Waals surface area contributed by atoms with E-state index in [-0.39, 0.29) is 5.91 Å². The van der Waals surface area contributed by atoms with Gasteiger partial charge in [0.2, 0.25) is 5.91 Å². The normalized spacial score (nSPS) is 21.3. The highest BCUT2D eigenvalue weighted by Crippen LogP contribution is 2.34. The largest absolute Gasteiger partial charge is 0.317 e. The lowest BCUT2D eigenvalue weighted by atomic mass is 9.93. The van der Waals surface area contributed by atoms with E-state index in [0.29, 0.717) is 0 Å². The van der Waals surface area contributed by atoms with Crippen molar-refractivity contribution in [2.45, 2.75) is 51.0 Å². The van der Waals surface area contributed by atoms with Gasteiger partial charge in [0.15, 0.2) is 0 Å². The molecule has 2 N–H and O–H groups in total. The van der Waals surface area contributed by atoms with Crippen molar-refractivity contribution in [2.24, 2.45) is 5.73 Å². The van der Waals surface area contributed by atoms with Crippen LogP contribution >= 0.6 is 0 Å². The van der Waals surface area contributed by atoms with Gasteiger partial charge in [-0.2, -0.15) is 0 Å². The molecule has 1 aromatic rings. The van der Waals surface area contributed by atoms with Gasteiger partial charge >= 0.3 is 0 Å². The average Bonchev–Trinajstić information content (AvgIpc) is 2.85. The Balaban J connectivity index is 1.93. The summed E-state index contributed by atoms with van der Waals surface area (Å²) in [5.74, 6) is 0.134. The number of rotatable bonds is 1. The van der Waals surface area contributed by atoms with E-state index in [1.807, 2.05) is 4.90 Å². The van der Waals surface area contributed by atoms with Gasteiger partial charge in [0.05, 0.1) is 5.54 Å². The maximum absolute atomic E-state index is 12.8. The third kappa shape index (κ3) is 2.16. The SMILES string of the molecule is Cc1ccc2c(c1)CCCN2C(=O)C1(N)CCCC1. The van der Waals surface area contributed by atoms with Gasteiger partial charge in [-0.1, -0.05) is 30.5 Å². The van der Waals surface area contributed by atoms with Gasteiger partial charge in [0.25, 0.3) is 0 Å². The first-order chi connectivity index (χ1) is 9.10. The molecule has 3 heteroatoms. The van der Waals surface area contributed by atoms with Crippen molar-refractivity contribution in [2.75, 3.05) is 11.4 Å². The van der Waals surface area contributed by atoms with Crippen LogP contribution in [0.5, 0.6) is 0 Å². The summed E-state index contributed by atoms with van der Waals surface area (Å²) >= 11 is 0. The quantitative estimate of drug-likeness (QED) is 0.841. The van der Waals surface area contributed by atoms with Crippen LogP contribution in [-0.4, -0.2) is 18.0 Å². The predicted octanol–water partition coefficient (Wildman–Crippen LogP) is 2.55. The Morgan fingerprint density at radius 3 is 2.74 bits per heavy atom.